The molecule has 0 saturated heterocycles. The fourth-order valence-corrected chi connectivity index (χ4v) is 2.94. The second-order valence-corrected chi connectivity index (χ2v) is 5.51. The van der Waals surface area contributed by atoms with Crippen molar-refractivity contribution in [2.24, 2.45) is 0 Å². The van der Waals surface area contributed by atoms with Gasteiger partial charge in [-0.25, -0.2) is 0 Å². The van der Waals surface area contributed by atoms with Gasteiger partial charge < -0.3 is 9.94 Å². The van der Waals surface area contributed by atoms with Gasteiger partial charge in [-0.15, -0.1) is 0 Å². The SMILES string of the molecule is O=[n+]1c(-c2ccccc2)c(-c2ccccc2)n([O-])c2ccccc21. The van der Waals surface area contributed by atoms with Crippen molar-refractivity contribution in [3.8, 4) is 22.5 Å². The predicted octanol–water partition coefficient (Wildman–Crippen LogP) is 4.24. The first-order chi connectivity index (χ1) is 11.8. The molecule has 0 aliphatic carbocycles. The quantitative estimate of drug-likeness (QED) is 0.520. The van der Waals surface area contributed by atoms with Crippen LogP contribution in [0, 0.1) is 10.1 Å². The third kappa shape index (κ3) is 2.16. The van der Waals surface area contributed by atoms with Crippen molar-refractivity contribution in [1.29, 1.82) is 0 Å². The largest absolute Gasteiger partial charge is 0.805 e. The van der Waals surface area contributed by atoms with Crippen LogP contribution in [0.1, 0.15) is 0 Å². The third-order valence-corrected chi connectivity index (χ3v) is 4.04. The third-order valence-electron chi connectivity index (χ3n) is 4.04. The van der Waals surface area contributed by atoms with Crippen LogP contribution in [-0.2, 0) is 0 Å². The van der Waals surface area contributed by atoms with Crippen LogP contribution in [0.4, 0.5) is 0 Å². The van der Waals surface area contributed by atoms with Crippen molar-refractivity contribution in [3.63, 3.8) is 0 Å². The molecule has 0 saturated carbocycles. The first-order valence-electron chi connectivity index (χ1n) is 7.66. The molecule has 0 aliphatic rings. The Morgan fingerprint density at radius 3 is 1.92 bits per heavy atom. The molecule has 116 valence electrons. The number of hydrogen-bond donors (Lipinski definition) is 0. The predicted molar refractivity (Wildman–Crippen MR) is 94.9 cm³/mol. The van der Waals surface area contributed by atoms with Crippen molar-refractivity contribution in [3.05, 3.63) is 95.0 Å². The highest BCUT2D eigenvalue weighted by molar-refractivity contribution is 5.83. The van der Waals surface area contributed by atoms with Gasteiger partial charge in [0.05, 0.1) is 9.99 Å². The van der Waals surface area contributed by atoms with E-state index in [1.54, 1.807) is 24.3 Å². The molecule has 0 N–H and O–H groups in total. The minimum absolute atomic E-state index is 0.353. The van der Waals surface area contributed by atoms with E-state index >= 15 is 0 Å². The van der Waals surface area contributed by atoms with E-state index in [-0.39, 0.29) is 0 Å². The summed E-state index contributed by atoms with van der Waals surface area (Å²) in [6.07, 6.45) is 0. The summed E-state index contributed by atoms with van der Waals surface area (Å²) >= 11 is 0. The molecule has 4 aromatic rings. The van der Waals surface area contributed by atoms with E-state index in [2.05, 4.69) is 0 Å². The van der Waals surface area contributed by atoms with Crippen LogP contribution in [0.15, 0.2) is 84.9 Å². The maximum atomic E-state index is 13.0. The van der Waals surface area contributed by atoms with E-state index in [4.69, 9.17) is 0 Å². The Morgan fingerprint density at radius 1 is 0.708 bits per heavy atom. The highest BCUT2D eigenvalue weighted by Crippen LogP contribution is 2.31. The van der Waals surface area contributed by atoms with E-state index in [0.717, 1.165) is 9.16 Å². The van der Waals surface area contributed by atoms with E-state index in [9.17, 15) is 10.1 Å². The van der Waals surface area contributed by atoms with Gasteiger partial charge in [-0.2, -0.15) is 0 Å². The number of nitrogens with zero attached hydrogens (tertiary/aromatic N) is 2. The van der Waals surface area contributed by atoms with Gasteiger partial charge in [-0.1, -0.05) is 60.7 Å². The number of hydrogen-bond acceptors (Lipinski definition) is 2. The van der Waals surface area contributed by atoms with Crippen LogP contribution < -0.4 is 4.43 Å². The molecule has 0 fully saturated rings. The molecule has 0 radical (unpaired) electrons. The molecule has 0 spiro atoms. The van der Waals surface area contributed by atoms with E-state index in [1.807, 2.05) is 60.7 Å². The first kappa shape index (κ1) is 14.2. The van der Waals surface area contributed by atoms with Crippen molar-refractivity contribution in [2.75, 3.05) is 0 Å². The molecule has 0 aliphatic heterocycles. The van der Waals surface area contributed by atoms with Gasteiger partial charge in [0.25, 0.3) is 11.2 Å². The number of benzene rings is 3. The molecule has 24 heavy (non-hydrogen) atoms. The van der Waals surface area contributed by atoms with Gasteiger partial charge in [0, 0.05) is 16.5 Å². The molecule has 0 bridgehead atoms. The molecule has 1 aromatic heterocycles. The zero-order valence-corrected chi connectivity index (χ0v) is 12.8. The van der Waals surface area contributed by atoms with Crippen LogP contribution in [0.5, 0.6) is 0 Å². The molecule has 4 nitrogen and oxygen atoms in total. The monoisotopic (exact) mass is 314 g/mol. The maximum Gasteiger partial charge on any atom is 0.294 e. The molecular formula is C20H14N2O2. The van der Waals surface area contributed by atoms with Crippen LogP contribution in [0.25, 0.3) is 33.5 Å². The van der Waals surface area contributed by atoms with E-state index in [0.29, 0.717) is 33.5 Å². The zero-order chi connectivity index (χ0) is 16.5. The lowest BCUT2D eigenvalue weighted by Gasteiger charge is -2.19. The van der Waals surface area contributed by atoms with E-state index in [1.165, 1.54) is 0 Å². The Hall–Kier alpha value is -3.40. The van der Waals surface area contributed by atoms with Crippen LogP contribution in [0.2, 0.25) is 0 Å². The smallest absolute Gasteiger partial charge is 0.294 e. The van der Waals surface area contributed by atoms with E-state index < -0.39 is 0 Å². The lowest BCUT2D eigenvalue weighted by molar-refractivity contribution is -0.451. The summed E-state index contributed by atoms with van der Waals surface area (Å²) in [5, 5.41) is 13.0. The minimum Gasteiger partial charge on any atom is -0.805 e. The number of rotatable bonds is 2. The minimum atomic E-state index is 0.353. The number of fused-ring (bicyclic) bond motifs is 1. The highest BCUT2D eigenvalue weighted by Gasteiger charge is 2.24. The summed E-state index contributed by atoms with van der Waals surface area (Å²) in [6.45, 7) is 0. The second kappa shape index (κ2) is 5.66. The van der Waals surface area contributed by atoms with Crippen LogP contribution in [-0.4, -0.2) is 4.73 Å². The van der Waals surface area contributed by atoms with Gasteiger partial charge in [-0.05, 0) is 18.2 Å². The Balaban J connectivity index is 2.21. The average Bonchev–Trinajstić information content (AvgIpc) is 2.66. The van der Waals surface area contributed by atoms with Crippen LogP contribution >= 0.6 is 0 Å². The van der Waals surface area contributed by atoms with Gasteiger partial charge in [0.1, 0.15) is 11.2 Å². The summed E-state index contributed by atoms with van der Waals surface area (Å²) in [5.74, 6) is 0. The molecule has 3 aromatic carbocycles. The Kier molecular flexibility index (Phi) is 3.35. The fourth-order valence-electron chi connectivity index (χ4n) is 2.94. The summed E-state index contributed by atoms with van der Waals surface area (Å²) in [4.78, 5) is 13.0. The highest BCUT2D eigenvalue weighted by atomic mass is 16.5. The van der Waals surface area contributed by atoms with Crippen molar-refractivity contribution < 1.29 is 4.43 Å². The fraction of sp³-hybridized carbons (Fsp3) is 0. The molecular weight excluding hydrogens is 300 g/mol. The molecule has 4 heteroatoms. The standard InChI is InChI=1S/C20H14N2O2/c23-21-17-13-7-8-14-18(17)22(24)20(16-11-5-2-6-12-16)19(21)15-9-3-1-4-10-15/h1-14H. The molecule has 1 heterocycles. The molecule has 0 atom stereocenters. The molecule has 0 unspecified atom stereocenters. The van der Waals surface area contributed by atoms with Crippen molar-refractivity contribution in [2.45, 2.75) is 0 Å². The van der Waals surface area contributed by atoms with Gasteiger partial charge in [-0.3, -0.25) is 0 Å². The second-order valence-electron chi connectivity index (χ2n) is 5.51. The summed E-state index contributed by atoms with van der Waals surface area (Å²) in [7, 11) is 0. The Morgan fingerprint density at radius 2 is 1.25 bits per heavy atom. The van der Waals surface area contributed by atoms with Crippen molar-refractivity contribution >= 4 is 11.0 Å². The van der Waals surface area contributed by atoms with Gasteiger partial charge in [0.2, 0.25) is 0 Å². The topological polar surface area (TPSA) is 51.0 Å². The number of para-hydroxylation sites is 2. The van der Waals surface area contributed by atoms with Gasteiger partial charge >= 0.3 is 0 Å². The summed E-state index contributed by atoms with van der Waals surface area (Å²) in [5.41, 5.74) is 2.84. The lowest BCUT2D eigenvalue weighted by atomic mass is 10.0. The summed E-state index contributed by atoms with van der Waals surface area (Å²) < 4.78 is 1.70. The van der Waals surface area contributed by atoms with Gasteiger partial charge in [0.15, 0.2) is 0 Å². The Bertz CT molecular complexity index is 1070. The molecule has 4 rings (SSSR count). The normalized spacial score (nSPS) is 10.8. The Labute approximate surface area is 138 Å². The van der Waals surface area contributed by atoms with Crippen LogP contribution in [0.3, 0.4) is 0 Å². The lowest BCUT2D eigenvalue weighted by Crippen LogP contribution is -2.23. The summed E-state index contributed by atoms with van der Waals surface area (Å²) in [6, 6.07) is 25.4. The zero-order valence-electron chi connectivity index (χ0n) is 12.8. The van der Waals surface area contributed by atoms with Crippen molar-refractivity contribution in [1.82, 2.24) is 4.73 Å². The first-order valence-corrected chi connectivity index (χ1v) is 7.66. The molecule has 0 amide bonds. The number of aromatic nitrogens is 2. The maximum absolute atomic E-state index is 13.0. The average molecular weight is 314 g/mol.